The van der Waals surface area contributed by atoms with Crippen LogP contribution < -0.4 is 0 Å². The van der Waals surface area contributed by atoms with E-state index in [0.29, 0.717) is 5.02 Å². The predicted molar refractivity (Wildman–Crippen MR) is 59.4 cm³/mol. The maximum absolute atomic E-state index is 11.4. The quantitative estimate of drug-likeness (QED) is 0.803. The minimum atomic E-state index is -2.97. The number of sulfone groups is 1. The molecule has 2 nitrogen and oxygen atoms in total. The second-order valence-electron chi connectivity index (χ2n) is 3.25. The van der Waals surface area contributed by atoms with Crippen LogP contribution in [-0.2, 0) is 15.6 Å². The standard InChI is InChI=1S/C10H13ClO2S/c1-3-14(12,13)7-9-6-10(11)5-4-8(9)2/h4-6H,3,7H2,1-2H3. The van der Waals surface area contributed by atoms with Gasteiger partial charge in [-0.25, -0.2) is 8.42 Å². The average molecular weight is 233 g/mol. The zero-order valence-electron chi connectivity index (χ0n) is 8.25. The first-order chi connectivity index (χ1) is 6.44. The van der Waals surface area contributed by atoms with E-state index in [9.17, 15) is 8.42 Å². The SMILES string of the molecule is CCS(=O)(=O)Cc1cc(Cl)ccc1C. The van der Waals surface area contributed by atoms with Crippen molar-refractivity contribution in [3.8, 4) is 0 Å². The molecule has 0 amide bonds. The lowest BCUT2D eigenvalue weighted by Crippen LogP contribution is -2.07. The second kappa shape index (κ2) is 4.32. The number of aryl methyl sites for hydroxylation is 1. The summed E-state index contributed by atoms with van der Waals surface area (Å²) in [7, 11) is -2.97. The molecule has 0 saturated carbocycles. The fourth-order valence-electron chi connectivity index (χ4n) is 1.13. The number of hydrogen-bond donors (Lipinski definition) is 0. The van der Waals surface area contributed by atoms with E-state index in [1.165, 1.54) is 0 Å². The first kappa shape index (κ1) is 11.5. The van der Waals surface area contributed by atoms with Crippen molar-refractivity contribution < 1.29 is 8.42 Å². The summed E-state index contributed by atoms with van der Waals surface area (Å²) in [6.07, 6.45) is 0. The zero-order valence-corrected chi connectivity index (χ0v) is 9.82. The van der Waals surface area contributed by atoms with E-state index in [4.69, 9.17) is 11.6 Å². The van der Waals surface area contributed by atoms with E-state index in [0.717, 1.165) is 11.1 Å². The molecule has 1 rings (SSSR count). The fourth-order valence-corrected chi connectivity index (χ4v) is 2.32. The normalized spacial score (nSPS) is 11.6. The largest absolute Gasteiger partial charge is 0.229 e. The molecule has 0 spiro atoms. The smallest absolute Gasteiger partial charge is 0.154 e. The first-order valence-electron chi connectivity index (χ1n) is 4.40. The highest BCUT2D eigenvalue weighted by Crippen LogP contribution is 2.17. The van der Waals surface area contributed by atoms with E-state index in [-0.39, 0.29) is 11.5 Å². The molecule has 0 aromatic heterocycles. The molecule has 0 aliphatic rings. The Labute approximate surface area is 89.8 Å². The van der Waals surface area contributed by atoms with Gasteiger partial charge in [-0.3, -0.25) is 0 Å². The molecule has 14 heavy (non-hydrogen) atoms. The van der Waals surface area contributed by atoms with Crippen LogP contribution >= 0.6 is 11.6 Å². The van der Waals surface area contributed by atoms with Crippen LogP contribution in [0, 0.1) is 6.92 Å². The van der Waals surface area contributed by atoms with Gasteiger partial charge in [-0.2, -0.15) is 0 Å². The number of rotatable bonds is 3. The number of benzene rings is 1. The Bertz CT molecular complexity index is 424. The monoisotopic (exact) mass is 232 g/mol. The highest BCUT2D eigenvalue weighted by Gasteiger charge is 2.10. The van der Waals surface area contributed by atoms with Crippen LogP contribution in [0.5, 0.6) is 0 Å². The Hall–Kier alpha value is -0.540. The summed E-state index contributed by atoms with van der Waals surface area (Å²) in [6.45, 7) is 3.53. The molecule has 0 fully saturated rings. The van der Waals surface area contributed by atoms with Crippen LogP contribution in [0.25, 0.3) is 0 Å². The van der Waals surface area contributed by atoms with Crippen molar-refractivity contribution in [2.75, 3.05) is 5.75 Å². The zero-order chi connectivity index (χ0) is 10.8. The molecular weight excluding hydrogens is 220 g/mol. The Kier molecular flexibility index (Phi) is 3.56. The first-order valence-corrected chi connectivity index (χ1v) is 6.60. The third-order valence-corrected chi connectivity index (χ3v) is 3.99. The lowest BCUT2D eigenvalue weighted by molar-refractivity contribution is 0.596. The molecule has 0 N–H and O–H groups in total. The summed E-state index contributed by atoms with van der Waals surface area (Å²) >= 11 is 5.79. The van der Waals surface area contributed by atoms with Crippen molar-refractivity contribution in [2.24, 2.45) is 0 Å². The molecule has 0 aliphatic heterocycles. The van der Waals surface area contributed by atoms with Gasteiger partial charge in [-0.1, -0.05) is 24.6 Å². The maximum Gasteiger partial charge on any atom is 0.154 e. The molecule has 0 heterocycles. The molecular formula is C10H13ClO2S. The predicted octanol–water partition coefficient (Wildman–Crippen LogP) is 2.58. The molecule has 0 radical (unpaired) electrons. The highest BCUT2D eigenvalue weighted by atomic mass is 35.5. The summed E-state index contributed by atoms with van der Waals surface area (Å²) in [5.74, 6) is 0.245. The van der Waals surface area contributed by atoms with Crippen molar-refractivity contribution in [2.45, 2.75) is 19.6 Å². The average Bonchev–Trinajstić information content (AvgIpc) is 2.11. The van der Waals surface area contributed by atoms with E-state index in [2.05, 4.69) is 0 Å². The van der Waals surface area contributed by atoms with Crippen molar-refractivity contribution in [3.05, 3.63) is 34.3 Å². The van der Waals surface area contributed by atoms with Gasteiger partial charge in [0.2, 0.25) is 0 Å². The number of hydrogen-bond acceptors (Lipinski definition) is 2. The molecule has 1 aromatic rings. The molecule has 1 aromatic carbocycles. The fraction of sp³-hybridized carbons (Fsp3) is 0.400. The molecule has 78 valence electrons. The van der Waals surface area contributed by atoms with Gasteiger partial charge in [0, 0.05) is 10.8 Å². The van der Waals surface area contributed by atoms with Gasteiger partial charge in [0.1, 0.15) is 0 Å². The lowest BCUT2D eigenvalue weighted by Gasteiger charge is -2.05. The summed E-state index contributed by atoms with van der Waals surface area (Å²) in [6, 6.07) is 5.31. The van der Waals surface area contributed by atoms with Gasteiger partial charge in [0.25, 0.3) is 0 Å². The Morgan fingerprint density at radius 2 is 2.00 bits per heavy atom. The third kappa shape index (κ3) is 3.00. The maximum atomic E-state index is 11.4. The van der Waals surface area contributed by atoms with Crippen molar-refractivity contribution in [1.82, 2.24) is 0 Å². The molecule has 0 bridgehead atoms. The second-order valence-corrected chi connectivity index (χ2v) is 6.04. The van der Waals surface area contributed by atoms with Crippen molar-refractivity contribution in [3.63, 3.8) is 0 Å². The van der Waals surface area contributed by atoms with Crippen LogP contribution in [0.3, 0.4) is 0 Å². The number of halogens is 1. The van der Waals surface area contributed by atoms with Crippen LogP contribution in [0.4, 0.5) is 0 Å². The Morgan fingerprint density at radius 3 is 2.57 bits per heavy atom. The summed E-state index contributed by atoms with van der Waals surface area (Å²) in [4.78, 5) is 0. The molecule has 4 heteroatoms. The van der Waals surface area contributed by atoms with Crippen LogP contribution in [0.1, 0.15) is 18.1 Å². The topological polar surface area (TPSA) is 34.1 Å². The molecule has 0 atom stereocenters. The van der Waals surface area contributed by atoms with Crippen molar-refractivity contribution >= 4 is 21.4 Å². The van der Waals surface area contributed by atoms with Gasteiger partial charge < -0.3 is 0 Å². The minimum Gasteiger partial charge on any atom is -0.229 e. The van der Waals surface area contributed by atoms with Crippen molar-refractivity contribution in [1.29, 1.82) is 0 Å². The molecule has 0 saturated heterocycles. The van der Waals surface area contributed by atoms with Gasteiger partial charge in [0.15, 0.2) is 9.84 Å². The minimum absolute atomic E-state index is 0.0793. The van der Waals surface area contributed by atoms with Crippen LogP contribution in [0.15, 0.2) is 18.2 Å². The van der Waals surface area contributed by atoms with E-state index >= 15 is 0 Å². The lowest BCUT2D eigenvalue weighted by atomic mass is 10.1. The van der Waals surface area contributed by atoms with Gasteiger partial charge >= 0.3 is 0 Å². The van der Waals surface area contributed by atoms with Gasteiger partial charge in [-0.15, -0.1) is 0 Å². The van der Waals surface area contributed by atoms with Gasteiger partial charge in [0.05, 0.1) is 5.75 Å². The molecule has 0 aliphatic carbocycles. The Morgan fingerprint density at radius 1 is 1.36 bits per heavy atom. The van der Waals surface area contributed by atoms with E-state index in [1.54, 1.807) is 19.1 Å². The third-order valence-electron chi connectivity index (χ3n) is 2.13. The highest BCUT2D eigenvalue weighted by molar-refractivity contribution is 7.90. The van der Waals surface area contributed by atoms with E-state index < -0.39 is 9.84 Å². The summed E-state index contributed by atoms with van der Waals surface area (Å²) in [5, 5.41) is 0.580. The summed E-state index contributed by atoms with van der Waals surface area (Å²) < 4.78 is 22.8. The van der Waals surface area contributed by atoms with Crippen LogP contribution in [0.2, 0.25) is 5.02 Å². The summed E-state index contributed by atoms with van der Waals surface area (Å²) in [5.41, 5.74) is 1.76. The molecule has 0 unspecified atom stereocenters. The van der Waals surface area contributed by atoms with Gasteiger partial charge in [-0.05, 0) is 30.2 Å². The van der Waals surface area contributed by atoms with Crippen LogP contribution in [-0.4, -0.2) is 14.2 Å². The Balaban J connectivity index is 3.03. The van der Waals surface area contributed by atoms with E-state index in [1.807, 2.05) is 13.0 Å².